The van der Waals surface area contributed by atoms with Crippen molar-refractivity contribution in [3.8, 4) is 11.3 Å². The number of pyridine rings is 1. The SMILES string of the molecule is Cn1cc(CN2Cc3ccccc3-c3nc(NCc4cccnc4)ncc3C2)cn1.O=C(O)C(F)(F)F.O=C(O)C(F)(F)F. The number of hydrogen-bond donors (Lipinski definition) is 3. The molecule has 11 nitrogen and oxygen atoms in total. The molecular weight excluding hydrogens is 600 g/mol. The van der Waals surface area contributed by atoms with E-state index >= 15 is 0 Å². The first-order valence-corrected chi connectivity index (χ1v) is 12.5. The summed E-state index contributed by atoms with van der Waals surface area (Å²) in [6.45, 7) is 3.13. The smallest absolute Gasteiger partial charge is 0.475 e. The minimum atomic E-state index is -5.08. The minimum Gasteiger partial charge on any atom is -0.475 e. The summed E-state index contributed by atoms with van der Waals surface area (Å²) >= 11 is 0. The van der Waals surface area contributed by atoms with Crippen molar-refractivity contribution in [3.05, 3.63) is 89.6 Å². The van der Waals surface area contributed by atoms with Crippen LogP contribution in [0, 0.1) is 0 Å². The van der Waals surface area contributed by atoms with Gasteiger partial charge in [0.15, 0.2) is 0 Å². The Labute approximate surface area is 245 Å². The molecule has 0 radical (unpaired) electrons. The Bertz CT molecular complexity index is 1540. The zero-order valence-electron chi connectivity index (χ0n) is 22.8. The Kier molecular flexibility index (Phi) is 11.0. The molecule has 44 heavy (non-hydrogen) atoms. The van der Waals surface area contributed by atoms with Crippen molar-refractivity contribution in [3.63, 3.8) is 0 Å². The fourth-order valence-electron chi connectivity index (χ4n) is 3.88. The molecule has 3 aromatic heterocycles. The van der Waals surface area contributed by atoms with Gasteiger partial charge in [0.05, 0.1) is 11.9 Å². The average molecular weight is 626 g/mol. The lowest BCUT2D eigenvalue weighted by Gasteiger charge is -2.20. The first-order chi connectivity index (χ1) is 20.6. The highest BCUT2D eigenvalue weighted by molar-refractivity contribution is 5.73. The number of carbonyl (C=O) groups is 2. The molecule has 17 heteroatoms. The Balaban J connectivity index is 0.000000317. The summed E-state index contributed by atoms with van der Waals surface area (Å²) in [4.78, 5) is 33.8. The van der Waals surface area contributed by atoms with E-state index in [-0.39, 0.29) is 0 Å². The number of aliphatic carboxylic acids is 2. The van der Waals surface area contributed by atoms with Crippen LogP contribution in [-0.2, 0) is 42.8 Å². The molecule has 0 saturated heterocycles. The van der Waals surface area contributed by atoms with Crippen molar-refractivity contribution < 1.29 is 46.1 Å². The van der Waals surface area contributed by atoms with E-state index < -0.39 is 24.3 Å². The van der Waals surface area contributed by atoms with Crippen LogP contribution >= 0.6 is 0 Å². The topological polar surface area (TPSA) is 146 Å². The first kappa shape index (κ1) is 33.4. The Morgan fingerprint density at radius 2 is 1.52 bits per heavy atom. The van der Waals surface area contributed by atoms with Crippen LogP contribution in [0.25, 0.3) is 11.3 Å². The summed E-state index contributed by atoms with van der Waals surface area (Å²) in [6, 6.07) is 12.5. The fraction of sp³-hybridized carbons (Fsp3) is 0.259. The number of nitrogens with one attached hydrogen (secondary N) is 1. The summed E-state index contributed by atoms with van der Waals surface area (Å²) in [5, 5.41) is 21.9. The van der Waals surface area contributed by atoms with Gasteiger partial charge in [0, 0.05) is 74.7 Å². The van der Waals surface area contributed by atoms with Crippen LogP contribution in [0.5, 0.6) is 0 Å². The molecule has 0 spiro atoms. The highest BCUT2D eigenvalue weighted by Gasteiger charge is 2.38. The van der Waals surface area contributed by atoms with Gasteiger partial charge in [-0.25, -0.2) is 19.6 Å². The third kappa shape index (κ3) is 10.0. The van der Waals surface area contributed by atoms with Gasteiger partial charge in [0.2, 0.25) is 5.95 Å². The number of anilines is 1. The Morgan fingerprint density at radius 1 is 0.886 bits per heavy atom. The molecule has 3 N–H and O–H groups in total. The molecule has 1 aromatic carbocycles. The molecule has 0 amide bonds. The van der Waals surface area contributed by atoms with E-state index in [9.17, 15) is 26.3 Å². The Morgan fingerprint density at radius 3 is 2.09 bits per heavy atom. The molecule has 1 aliphatic heterocycles. The number of rotatable bonds is 5. The molecule has 0 unspecified atom stereocenters. The van der Waals surface area contributed by atoms with E-state index in [4.69, 9.17) is 24.8 Å². The van der Waals surface area contributed by atoms with Gasteiger partial charge in [-0.15, -0.1) is 0 Å². The maximum absolute atomic E-state index is 10.6. The van der Waals surface area contributed by atoms with Crippen LogP contribution in [0.1, 0.15) is 22.3 Å². The van der Waals surface area contributed by atoms with Gasteiger partial charge in [0.1, 0.15) is 0 Å². The normalized spacial score (nSPS) is 12.7. The molecule has 5 rings (SSSR count). The average Bonchev–Trinajstić information content (AvgIpc) is 3.29. The predicted octanol–water partition coefficient (Wildman–Crippen LogP) is 4.67. The van der Waals surface area contributed by atoms with Crippen LogP contribution in [0.15, 0.2) is 67.4 Å². The van der Waals surface area contributed by atoms with Crippen LogP contribution in [0.3, 0.4) is 0 Å². The van der Waals surface area contributed by atoms with Gasteiger partial charge < -0.3 is 15.5 Å². The lowest BCUT2D eigenvalue weighted by atomic mass is 10.0. The fourth-order valence-corrected chi connectivity index (χ4v) is 3.88. The van der Waals surface area contributed by atoms with E-state index in [0.717, 1.165) is 36.5 Å². The van der Waals surface area contributed by atoms with Crippen molar-refractivity contribution in [1.29, 1.82) is 0 Å². The maximum atomic E-state index is 10.6. The quantitative estimate of drug-likeness (QED) is 0.268. The van der Waals surface area contributed by atoms with Crippen LogP contribution in [0.4, 0.5) is 32.3 Å². The number of fused-ring (bicyclic) bond motifs is 3. The molecule has 1 aliphatic rings. The second-order valence-corrected chi connectivity index (χ2v) is 9.21. The van der Waals surface area contributed by atoms with Gasteiger partial charge in [-0.1, -0.05) is 30.3 Å². The first-order valence-electron chi connectivity index (χ1n) is 12.5. The number of carboxylic acids is 2. The second-order valence-electron chi connectivity index (χ2n) is 9.21. The second kappa shape index (κ2) is 14.4. The number of hydrogen-bond acceptors (Lipinski definition) is 8. The summed E-state index contributed by atoms with van der Waals surface area (Å²) in [7, 11) is 1.95. The third-order valence-corrected chi connectivity index (χ3v) is 5.75. The van der Waals surface area contributed by atoms with Gasteiger partial charge in [-0.05, 0) is 17.2 Å². The zero-order chi connectivity index (χ0) is 32.5. The molecule has 4 aromatic rings. The largest absolute Gasteiger partial charge is 0.490 e. The number of carboxylic acid groups (broad SMARTS) is 2. The number of nitrogens with zero attached hydrogens (tertiary/aromatic N) is 6. The van der Waals surface area contributed by atoms with E-state index in [1.165, 1.54) is 16.7 Å². The lowest BCUT2D eigenvalue weighted by molar-refractivity contribution is -0.193. The van der Waals surface area contributed by atoms with Crippen molar-refractivity contribution >= 4 is 17.9 Å². The summed E-state index contributed by atoms with van der Waals surface area (Å²) < 4.78 is 65.3. The third-order valence-electron chi connectivity index (χ3n) is 5.75. The molecule has 0 aliphatic carbocycles. The molecule has 0 saturated carbocycles. The molecule has 0 bridgehead atoms. The van der Waals surface area contributed by atoms with Gasteiger partial charge >= 0.3 is 24.3 Å². The predicted molar refractivity (Wildman–Crippen MR) is 143 cm³/mol. The van der Waals surface area contributed by atoms with E-state index in [0.29, 0.717) is 12.5 Å². The molecular formula is C27H25F6N7O4. The minimum absolute atomic E-state index is 0.633. The van der Waals surface area contributed by atoms with Crippen molar-refractivity contribution in [2.45, 2.75) is 38.5 Å². The lowest BCUT2D eigenvalue weighted by Crippen LogP contribution is -2.21. The Hall–Kier alpha value is -5.06. The van der Waals surface area contributed by atoms with Gasteiger partial charge in [-0.2, -0.15) is 31.4 Å². The van der Waals surface area contributed by atoms with E-state index in [2.05, 4.69) is 55.7 Å². The number of benzene rings is 1. The number of alkyl halides is 6. The highest BCUT2D eigenvalue weighted by atomic mass is 19.4. The molecule has 234 valence electrons. The van der Waals surface area contributed by atoms with Crippen LogP contribution in [0.2, 0.25) is 0 Å². The molecule has 4 heterocycles. The maximum Gasteiger partial charge on any atom is 0.490 e. The standard InChI is InChI=1S/C23H23N7.2C2HF3O2/c1-29-13-18(11-27-29)14-30-15-19-6-2-3-7-21(19)22-20(16-30)12-26-23(28-22)25-10-17-5-4-8-24-9-17;2*3-2(4,5)1(6)7/h2-9,11-13H,10,14-16H2,1H3,(H,25,26,28);2*(H,6,7). The van der Waals surface area contributed by atoms with Crippen LogP contribution in [-0.4, -0.2) is 64.1 Å². The summed E-state index contributed by atoms with van der Waals surface area (Å²) in [5.74, 6) is -4.88. The number of aryl methyl sites for hydroxylation is 1. The van der Waals surface area contributed by atoms with Crippen molar-refractivity contribution in [2.75, 3.05) is 5.32 Å². The summed E-state index contributed by atoms with van der Waals surface area (Å²) in [5.41, 5.74) is 6.89. The number of aromatic nitrogens is 5. The van der Waals surface area contributed by atoms with E-state index in [1.807, 2.05) is 42.5 Å². The van der Waals surface area contributed by atoms with Gasteiger partial charge in [-0.3, -0.25) is 14.6 Å². The molecule has 0 atom stereocenters. The van der Waals surface area contributed by atoms with Crippen LogP contribution < -0.4 is 5.32 Å². The molecule has 0 fully saturated rings. The summed E-state index contributed by atoms with van der Waals surface area (Å²) in [6.07, 6.45) is -0.593. The van der Waals surface area contributed by atoms with E-state index in [1.54, 1.807) is 6.20 Å². The monoisotopic (exact) mass is 625 g/mol. The van der Waals surface area contributed by atoms with Gasteiger partial charge in [0.25, 0.3) is 0 Å². The van der Waals surface area contributed by atoms with Crippen molar-refractivity contribution in [1.82, 2.24) is 29.6 Å². The highest BCUT2D eigenvalue weighted by Crippen LogP contribution is 2.32. The van der Waals surface area contributed by atoms with Crippen molar-refractivity contribution in [2.24, 2.45) is 7.05 Å². The zero-order valence-corrected chi connectivity index (χ0v) is 22.8. The number of halogens is 6.